The van der Waals surface area contributed by atoms with Gasteiger partial charge in [-0.2, -0.15) is 4.39 Å². The molecule has 1 aromatic carbocycles. The second kappa shape index (κ2) is 4.03. The Morgan fingerprint density at radius 2 is 2.05 bits per heavy atom. The number of aromatic nitrogens is 1. The largest absolute Gasteiger partial charge is 0.504 e. The predicted molar refractivity (Wildman–Crippen MR) is 70.5 cm³/mol. The first-order chi connectivity index (χ1) is 8.93. The maximum atomic E-state index is 13.8. The summed E-state index contributed by atoms with van der Waals surface area (Å²) in [6.45, 7) is 1.63. The van der Waals surface area contributed by atoms with E-state index in [2.05, 4.69) is 15.9 Å². The average molecular weight is 330 g/mol. The van der Waals surface area contributed by atoms with Crippen LogP contribution < -0.4 is 5.56 Å². The van der Waals surface area contributed by atoms with Crippen LogP contribution in [0.25, 0.3) is 10.9 Å². The number of hydrogen-bond donors (Lipinski definition) is 1. The second-order valence-corrected chi connectivity index (χ2v) is 5.56. The Morgan fingerprint density at radius 3 is 2.63 bits per heavy atom. The summed E-state index contributed by atoms with van der Waals surface area (Å²) >= 11 is 3.11. The molecule has 19 heavy (non-hydrogen) atoms. The van der Waals surface area contributed by atoms with Crippen molar-refractivity contribution >= 4 is 26.8 Å². The standard InChI is InChI=1S/C13H10BrF2NO2/c1-5-9(14)8(15)4-7-11(5)17(6-2-3-6)13(19)10(16)12(7)18/h4,6,18H,2-3H2,1H3. The molecule has 1 fully saturated rings. The minimum absolute atomic E-state index is 0.0298. The number of hydrogen-bond acceptors (Lipinski definition) is 2. The molecule has 0 bridgehead atoms. The molecule has 0 atom stereocenters. The predicted octanol–water partition coefficient (Wildman–Crippen LogP) is 3.39. The second-order valence-electron chi connectivity index (χ2n) is 4.76. The third-order valence-electron chi connectivity index (χ3n) is 3.44. The first-order valence-corrected chi connectivity index (χ1v) is 6.64. The number of aryl methyl sites for hydroxylation is 1. The molecule has 1 saturated carbocycles. The lowest BCUT2D eigenvalue weighted by molar-refractivity contribution is 0.428. The number of nitrogens with zero attached hydrogens (tertiary/aromatic N) is 1. The lowest BCUT2D eigenvalue weighted by Crippen LogP contribution is -2.23. The molecule has 6 heteroatoms. The van der Waals surface area contributed by atoms with E-state index in [-0.39, 0.29) is 15.9 Å². The third-order valence-corrected chi connectivity index (χ3v) is 4.42. The molecule has 3 nitrogen and oxygen atoms in total. The van der Waals surface area contributed by atoms with Gasteiger partial charge in [-0.15, -0.1) is 0 Å². The fourth-order valence-corrected chi connectivity index (χ4v) is 2.64. The molecular formula is C13H10BrF2NO2. The van der Waals surface area contributed by atoms with E-state index >= 15 is 0 Å². The Labute approximate surface area is 115 Å². The summed E-state index contributed by atoms with van der Waals surface area (Å²) in [6.07, 6.45) is 1.57. The molecule has 0 aliphatic heterocycles. The van der Waals surface area contributed by atoms with E-state index in [9.17, 15) is 18.7 Å². The van der Waals surface area contributed by atoms with Crippen molar-refractivity contribution in [1.29, 1.82) is 0 Å². The van der Waals surface area contributed by atoms with Crippen LogP contribution in [0.5, 0.6) is 5.75 Å². The van der Waals surface area contributed by atoms with E-state index < -0.39 is 22.9 Å². The van der Waals surface area contributed by atoms with Crippen LogP contribution in [0.4, 0.5) is 8.78 Å². The number of fused-ring (bicyclic) bond motifs is 1. The minimum Gasteiger partial charge on any atom is -0.504 e. The fraction of sp³-hybridized carbons (Fsp3) is 0.308. The minimum atomic E-state index is -1.22. The molecule has 1 heterocycles. The molecule has 1 N–H and O–H groups in total. The van der Waals surface area contributed by atoms with E-state index in [4.69, 9.17) is 0 Å². The Bertz CT molecular complexity index is 766. The number of pyridine rings is 1. The molecule has 0 amide bonds. The van der Waals surface area contributed by atoms with Gasteiger partial charge in [-0.1, -0.05) is 0 Å². The lowest BCUT2D eigenvalue weighted by atomic mass is 10.1. The molecule has 100 valence electrons. The maximum absolute atomic E-state index is 13.8. The highest BCUT2D eigenvalue weighted by Gasteiger charge is 2.30. The smallest absolute Gasteiger partial charge is 0.291 e. The van der Waals surface area contributed by atoms with Crippen molar-refractivity contribution in [2.24, 2.45) is 0 Å². The van der Waals surface area contributed by atoms with Gasteiger partial charge in [0, 0.05) is 11.4 Å². The summed E-state index contributed by atoms with van der Waals surface area (Å²) < 4.78 is 29.0. The van der Waals surface area contributed by atoms with Crippen LogP contribution in [-0.2, 0) is 0 Å². The zero-order chi connectivity index (χ0) is 13.9. The molecule has 0 unspecified atom stereocenters. The van der Waals surface area contributed by atoms with Crippen molar-refractivity contribution in [1.82, 2.24) is 4.57 Å². The zero-order valence-corrected chi connectivity index (χ0v) is 11.6. The summed E-state index contributed by atoms with van der Waals surface area (Å²) in [5.74, 6) is -2.60. The van der Waals surface area contributed by atoms with Crippen molar-refractivity contribution in [2.75, 3.05) is 0 Å². The van der Waals surface area contributed by atoms with E-state index in [1.807, 2.05) is 0 Å². The van der Waals surface area contributed by atoms with E-state index in [0.717, 1.165) is 18.9 Å². The Hall–Kier alpha value is -1.43. The van der Waals surface area contributed by atoms with Crippen LogP contribution in [0.2, 0.25) is 0 Å². The van der Waals surface area contributed by atoms with E-state index in [0.29, 0.717) is 11.1 Å². The monoisotopic (exact) mass is 329 g/mol. The summed E-state index contributed by atoms with van der Waals surface area (Å²) in [5.41, 5.74) is 0.0167. The van der Waals surface area contributed by atoms with Crippen LogP contribution in [0.3, 0.4) is 0 Å². The van der Waals surface area contributed by atoms with Crippen LogP contribution in [-0.4, -0.2) is 9.67 Å². The van der Waals surface area contributed by atoms with Gasteiger partial charge in [0.1, 0.15) is 5.82 Å². The zero-order valence-electron chi connectivity index (χ0n) is 10.0. The first-order valence-electron chi connectivity index (χ1n) is 5.84. The molecule has 0 radical (unpaired) electrons. The van der Waals surface area contributed by atoms with Gasteiger partial charge in [-0.3, -0.25) is 4.79 Å². The molecule has 1 aromatic heterocycles. The number of benzene rings is 1. The molecule has 2 aromatic rings. The molecular weight excluding hydrogens is 320 g/mol. The molecule has 3 rings (SSSR count). The van der Waals surface area contributed by atoms with Gasteiger partial charge in [0.2, 0.25) is 5.82 Å². The fourth-order valence-electron chi connectivity index (χ4n) is 2.34. The Kier molecular flexibility index (Phi) is 2.67. The Balaban J connectivity index is 2.59. The van der Waals surface area contributed by atoms with Crippen molar-refractivity contribution in [3.8, 4) is 5.75 Å². The summed E-state index contributed by atoms with van der Waals surface area (Å²) in [7, 11) is 0. The van der Waals surface area contributed by atoms with Crippen molar-refractivity contribution in [3.05, 3.63) is 38.1 Å². The first kappa shape index (κ1) is 12.6. The summed E-state index contributed by atoms with van der Waals surface area (Å²) in [4.78, 5) is 12.0. The third kappa shape index (κ3) is 1.69. The highest BCUT2D eigenvalue weighted by molar-refractivity contribution is 9.10. The van der Waals surface area contributed by atoms with Gasteiger partial charge in [0.05, 0.1) is 9.99 Å². The SMILES string of the molecule is Cc1c(Br)c(F)cc2c(O)c(F)c(=O)n(C3CC3)c12. The summed E-state index contributed by atoms with van der Waals surface area (Å²) in [5, 5.41) is 9.76. The van der Waals surface area contributed by atoms with Gasteiger partial charge in [-0.05, 0) is 47.3 Å². The van der Waals surface area contributed by atoms with Crippen LogP contribution in [0.15, 0.2) is 15.3 Å². The average Bonchev–Trinajstić information content (AvgIpc) is 3.19. The molecule has 0 saturated heterocycles. The van der Waals surface area contributed by atoms with Gasteiger partial charge < -0.3 is 9.67 Å². The Morgan fingerprint density at radius 1 is 1.42 bits per heavy atom. The number of halogens is 3. The van der Waals surface area contributed by atoms with Gasteiger partial charge in [0.15, 0.2) is 5.75 Å². The number of rotatable bonds is 1. The normalized spacial score (nSPS) is 15.2. The topological polar surface area (TPSA) is 42.2 Å². The van der Waals surface area contributed by atoms with Crippen molar-refractivity contribution < 1.29 is 13.9 Å². The van der Waals surface area contributed by atoms with Crippen molar-refractivity contribution in [2.45, 2.75) is 25.8 Å². The van der Waals surface area contributed by atoms with Crippen LogP contribution >= 0.6 is 15.9 Å². The quantitative estimate of drug-likeness (QED) is 0.871. The highest BCUT2D eigenvalue weighted by atomic mass is 79.9. The molecule has 1 aliphatic rings. The van der Waals surface area contributed by atoms with Crippen LogP contribution in [0.1, 0.15) is 24.4 Å². The van der Waals surface area contributed by atoms with Gasteiger partial charge in [-0.25, -0.2) is 4.39 Å². The lowest BCUT2D eigenvalue weighted by Gasteiger charge is -2.15. The van der Waals surface area contributed by atoms with Gasteiger partial charge in [0.25, 0.3) is 5.56 Å². The molecule has 1 aliphatic carbocycles. The summed E-state index contributed by atoms with van der Waals surface area (Å²) in [6, 6.07) is 0.976. The van der Waals surface area contributed by atoms with Crippen molar-refractivity contribution in [3.63, 3.8) is 0 Å². The van der Waals surface area contributed by atoms with Crippen LogP contribution in [0, 0.1) is 18.6 Å². The van der Waals surface area contributed by atoms with Gasteiger partial charge >= 0.3 is 0 Å². The maximum Gasteiger partial charge on any atom is 0.291 e. The molecule has 0 spiro atoms. The highest BCUT2D eigenvalue weighted by Crippen LogP contribution is 2.40. The van der Waals surface area contributed by atoms with E-state index in [1.165, 1.54) is 4.57 Å². The number of aromatic hydroxyl groups is 1. The van der Waals surface area contributed by atoms with E-state index in [1.54, 1.807) is 6.92 Å².